The Balaban J connectivity index is 1.20. The lowest BCUT2D eigenvalue weighted by atomic mass is 10.0. The minimum absolute atomic E-state index is 0.340. The van der Waals surface area contributed by atoms with Gasteiger partial charge in [0.2, 0.25) is 5.91 Å². The summed E-state index contributed by atoms with van der Waals surface area (Å²) in [6.07, 6.45) is 7.22. The van der Waals surface area contributed by atoms with E-state index in [9.17, 15) is 4.79 Å². The summed E-state index contributed by atoms with van der Waals surface area (Å²) in [5.41, 5.74) is 4.11. The molecule has 27 heavy (non-hydrogen) atoms. The molecule has 1 saturated heterocycles. The zero-order valence-corrected chi connectivity index (χ0v) is 15.9. The number of piperazine rings is 1. The molecule has 1 amide bonds. The van der Waals surface area contributed by atoms with E-state index >= 15 is 0 Å². The van der Waals surface area contributed by atoms with Crippen molar-refractivity contribution in [3.05, 3.63) is 77.4 Å². The molecule has 1 aliphatic carbocycles. The van der Waals surface area contributed by atoms with Crippen LogP contribution in [0.5, 0.6) is 0 Å². The fraction of sp³-hybridized carbons (Fsp3) is 0.375. The van der Waals surface area contributed by atoms with Crippen molar-refractivity contribution < 1.29 is 4.79 Å². The van der Waals surface area contributed by atoms with Crippen LogP contribution in [0.1, 0.15) is 23.1 Å². The SMILES string of the molecule is O=C(CC1Cc2ccccc2C1)N1CCN(C/C=C/c2ccccc2)CC1. The fourth-order valence-corrected chi connectivity index (χ4v) is 4.25. The van der Waals surface area contributed by atoms with E-state index in [1.54, 1.807) is 0 Å². The Morgan fingerprint density at radius 1 is 0.889 bits per heavy atom. The predicted octanol–water partition coefficient (Wildman–Crippen LogP) is 3.65. The highest BCUT2D eigenvalue weighted by Crippen LogP contribution is 2.29. The van der Waals surface area contributed by atoms with Gasteiger partial charge in [-0.2, -0.15) is 0 Å². The fourth-order valence-electron chi connectivity index (χ4n) is 4.25. The first-order valence-electron chi connectivity index (χ1n) is 10.1. The summed E-state index contributed by atoms with van der Waals surface area (Å²) < 4.78 is 0. The smallest absolute Gasteiger partial charge is 0.222 e. The molecule has 0 saturated carbocycles. The van der Waals surface area contributed by atoms with E-state index in [2.05, 4.69) is 70.5 Å². The third kappa shape index (κ3) is 4.67. The minimum atomic E-state index is 0.340. The van der Waals surface area contributed by atoms with Crippen molar-refractivity contribution in [2.24, 2.45) is 5.92 Å². The van der Waals surface area contributed by atoms with Gasteiger partial charge < -0.3 is 4.90 Å². The van der Waals surface area contributed by atoms with Gasteiger partial charge in [0, 0.05) is 39.1 Å². The van der Waals surface area contributed by atoms with Crippen LogP contribution >= 0.6 is 0 Å². The van der Waals surface area contributed by atoms with Crippen LogP contribution in [0.2, 0.25) is 0 Å². The monoisotopic (exact) mass is 360 g/mol. The van der Waals surface area contributed by atoms with E-state index < -0.39 is 0 Å². The Bertz CT molecular complexity index is 766. The number of hydrogen-bond donors (Lipinski definition) is 0. The first kappa shape index (κ1) is 18.0. The Kier molecular flexibility index (Phi) is 5.69. The zero-order chi connectivity index (χ0) is 18.5. The first-order valence-corrected chi connectivity index (χ1v) is 10.1. The first-order chi connectivity index (χ1) is 13.3. The molecule has 0 radical (unpaired) electrons. The van der Waals surface area contributed by atoms with Crippen LogP contribution in [0.15, 0.2) is 60.7 Å². The summed E-state index contributed by atoms with van der Waals surface area (Å²) >= 11 is 0. The van der Waals surface area contributed by atoms with Crippen molar-refractivity contribution >= 4 is 12.0 Å². The number of rotatable bonds is 5. The lowest BCUT2D eigenvalue weighted by Crippen LogP contribution is -2.48. The van der Waals surface area contributed by atoms with E-state index in [4.69, 9.17) is 0 Å². The van der Waals surface area contributed by atoms with Crippen molar-refractivity contribution in [1.29, 1.82) is 0 Å². The number of hydrogen-bond acceptors (Lipinski definition) is 2. The zero-order valence-electron chi connectivity index (χ0n) is 15.9. The second kappa shape index (κ2) is 8.53. The molecule has 2 aliphatic rings. The van der Waals surface area contributed by atoms with Gasteiger partial charge in [-0.3, -0.25) is 9.69 Å². The quantitative estimate of drug-likeness (QED) is 0.813. The lowest BCUT2D eigenvalue weighted by molar-refractivity contribution is -0.133. The summed E-state index contributed by atoms with van der Waals surface area (Å²) in [6.45, 7) is 4.61. The molecular weight excluding hydrogens is 332 g/mol. The molecule has 1 heterocycles. The second-order valence-corrected chi connectivity index (χ2v) is 7.74. The molecule has 4 rings (SSSR count). The summed E-state index contributed by atoms with van der Waals surface area (Å²) in [7, 11) is 0. The van der Waals surface area contributed by atoms with Gasteiger partial charge >= 0.3 is 0 Å². The molecule has 2 aromatic carbocycles. The van der Waals surface area contributed by atoms with Gasteiger partial charge in [-0.15, -0.1) is 0 Å². The standard InChI is InChI=1S/C24H28N2O/c27-24(19-21-17-22-10-4-5-11-23(22)18-21)26-15-13-25(14-16-26)12-6-9-20-7-2-1-3-8-20/h1-11,21H,12-19H2/b9-6+. The molecule has 2 aromatic rings. The van der Waals surface area contributed by atoms with Gasteiger partial charge in [0.05, 0.1) is 0 Å². The van der Waals surface area contributed by atoms with Crippen molar-refractivity contribution in [1.82, 2.24) is 9.80 Å². The molecule has 0 unspecified atom stereocenters. The van der Waals surface area contributed by atoms with Crippen LogP contribution < -0.4 is 0 Å². The average Bonchev–Trinajstić information content (AvgIpc) is 3.11. The topological polar surface area (TPSA) is 23.6 Å². The normalized spacial score (nSPS) is 18.1. The molecule has 0 spiro atoms. The average molecular weight is 361 g/mol. The van der Waals surface area contributed by atoms with Crippen LogP contribution in [0.3, 0.4) is 0 Å². The van der Waals surface area contributed by atoms with Crippen LogP contribution in [0, 0.1) is 5.92 Å². The molecule has 3 nitrogen and oxygen atoms in total. The number of amides is 1. The van der Waals surface area contributed by atoms with Gasteiger partial charge in [-0.05, 0) is 35.4 Å². The van der Waals surface area contributed by atoms with E-state index in [0.29, 0.717) is 18.2 Å². The van der Waals surface area contributed by atoms with Crippen molar-refractivity contribution in [3.8, 4) is 0 Å². The summed E-state index contributed by atoms with van der Waals surface area (Å²) in [5.74, 6) is 0.828. The third-order valence-electron chi connectivity index (χ3n) is 5.80. The van der Waals surface area contributed by atoms with E-state index in [-0.39, 0.29) is 0 Å². The van der Waals surface area contributed by atoms with E-state index in [0.717, 1.165) is 45.6 Å². The Hall–Kier alpha value is -2.39. The molecule has 0 bridgehead atoms. The molecule has 0 aromatic heterocycles. The molecule has 1 aliphatic heterocycles. The van der Waals surface area contributed by atoms with Gasteiger partial charge in [0.15, 0.2) is 0 Å². The van der Waals surface area contributed by atoms with E-state index in [1.807, 2.05) is 6.07 Å². The second-order valence-electron chi connectivity index (χ2n) is 7.74. The molecular formula is C24H28N2O. The number of carbonyl (C=O) groups excluding carboxylic acids is 1. The van der Waals surface area contributed by atoms with Gasteiger partial charge in [0.25, 0.3) is 0 Å². The summed E-state index contributed by atoms with van der Waals surface area (Å²) in [6, 6.07) is 19.0. The largest absolute Gasteiger partial charge is 0.340 e. The summed E-state index contributed by atoms with van der Waals surface area (Å²) in [4.78, 5) is 17.2. The summed E-state index contributed by atoms with van der Waals surface area (Å²) in [5, 5.41) is 0. The van der Waals surface area contributed by atoms with Gasteiger partial charge in [-0.1, -0.05) is 66.7 Å². The number of nitrogens with zero attached hydrogens (tertiary/aromatic N) is 2. The molecule has 0 N–H and O–H groups in total. The molecule has 140 valence electrons. The van der Waals surface area contributed by atoms with Gasteiger partial charge in [0.1, 0.15) is 0 Å². The van der Waals surface area contributed by atoms with Crippen LogP contribution in [-0.2, 0) is 17.6 Å². The van der Waals surface area contributed by atoms with Crippen molar-refractivity contribution in [2.75, 3.05) is 32.7 Å². The lowest BCUT2D eigenvalue weighted by Gasteiger charge is -2.34. The minimum Gasteiger partial charge on any atom is -0.340 e. The predicted molar refractivity (Wildman–Crippen MR) is 110 cm³/mol. The Morgan fingerprint density at radius 2 is 1.52 bits per heavy atom. The number of benzene rings is 2. The Labute approximate surface area is 162 Å². The van der Waals surface area contributed by atoms with Crippen LogP contribution in [-0.4, -0.2) is 48.4 Å². The maximum atomic E-state index is 12.7. The van der Waals surface area contributed by atoms with Crippen molar-refractivity contribution in [2.45, 2.75) is 19.3 Å². The highest BCUT2D eigenvalue weighted by Gasteiger charge is 2.27. The van der Waals surface area contributed by atoms with Crippen LogP contribution in [0.25, 0.3) is 6.08 Å². The van der Waals surface area contributed by atoms with Crippen molar-refractivity contribution in [3.63, 3.8) is 0 Å². The number of fused-ring (bicyclic) bond motifs is 1. The highest BCUT2D eigenvalue weighted by atomic mass is 16.2. The molecule has 1 fully saturated rings. The number of carbonyl (C=O) groups is 1. The third-order valence-corrected chi connectivity index (χ3v) is 5.80. The molecule has 3 heteroatoms. The maximum absolute atomic E-state index is 12.7. The Morgan fingerprint density at radius 3 is 2.19 bits per heavy atom. The van der Waals surface area contributed by atoms with Crippen LogP contribution in [0.4, 0.5) is 0 Å². The van der Waals surface area contributed by atoms with Gasteiger partial charge in [-0.25, -0.2) is 0 Å². The maximum Gasteiger partial charge on any atom is 0.222 e. The molecule has 0 atom stereocenters. The van der Waals surface area contributed by atoms with E-state index in [1.165, 1.54) is 16.7 Å². The highest BCUT2D eigenvalue weighted by molar-refractivity contribution is 5.76.